The summed E-state index contributed by atoms with van der Waals surface area (Å²) >= 11 is 0. The average molecular weight is 292 g/mol. The van der Waals surface area contributed by atoms with Crippen LogP contribution in [0.15, 0.2) is 12.3 Å². The Hall–Kier alpha value is -1.56. The van der Waals surface area contributed by atoms with E-state index in [1.54, 1.807) is 6.20 Å². The summed E-state index contributed by atoms with van der Waals surface area (Å²) in [6.07, 6.45) is 7.24. The number of rotatable bonds is 4. The van der Waals surface area contributed by atoms with Crippen LogP contribution in [0.2, 0.25) is 0 Å². The minimum atomic E-state index is -0.0224. The van der Waals surface area contributed by atoms with Gasteiger partial charge in [-0.05, 0) is 32.1 Å². The molecule has 1 aromatic heterocycles. The number of anilines is 1. The van der Waals surface area contributed by atoms with E-state index in [1.807, 2.05) is 15.6 Å². The van der Waals surface area contributed by atoms with Gasteiger partial charge in [-0.1, -0.05) is 6.92 Å². The fourth-order valence-electron chi connectivity index (χ4n) is 3.35. The SMILES string of the molecule is CCCn1nccc1NC(=O)N1CCC[C@@H]1[C@H]1CCCO1. The first-order valence-corrected chi connectivity index (χ1v) is 8.00. The van der Waals surface area contributed by atoms with Crippen molar-refractivity contribution in [3.63, 3.8) is 0 Å². The summed E-state index contributed by atoms with van der Waals surface area (Å²) in [4.78, 5) is 14.5. The van der Waals surface area contributed by atoms with Crippen LogP contribution in [0.3, 0.4) is 0 Å². The zero-order chi connectivity index (χ0) is 14.7. The molecule has 116 valence electrons. The molecule has 0 spiro atoms. The van der Waals surface area contributed by atoms with Crippen molar-refractivity contribution in [3.8, 4) is 0 Å². The van der Waals surface area contributed by atoms with Gasteiger partial charge in [0, 0.05) is 25.8 Å². The van der Waals surface area contributed by atoms with E-state index in [1.165, 1.54) is 0 Å². The molecule has 2 amide bonds. The number of hydrogen-bond donors (Lipinski definition) is 1. The Bertz CT molecular complexity index is 482. The van der Waals surface area contributed by atoms with Crippen molar-refractivity contribution in [2.45, 2.75) is 57.7 Å². The first-order valence-electron chi connectivity index (χ1n) is 8.00. The van der Waals surface area contributed by atoms with Gasteiger partial charge in [-0.2, -0.15) is 5.10 Å². The Morgan fingerprint density at radius 3 is 3.14 bits per heavy atom. The van der Waals surface area contributed by atoms with Gasteiger partial charge >= 0.3 is 6.03 Å². The van der Waals surface area contributed by atoms with E-state index in [4.69, 9.17) is 4.74 Å². The maximum Gasteiger partial charge on any atom is 0.323 e. The molecule has 2 aliphatic heterocycles. The molecule has 3 heterocycles. The number of urea groups is 1. The molecule has 21 heavy (non-hydrogen) atoms. The van der Waals surface area contributed by atoms with E-state index >= 15 is 0 Å². The molecule has 3 rings (SSSR count). The highest BCUT2D eigenvalue weighted by Gasteiger charge is 2.37. The normalized spacial score (nSPS) is 25.5. The zero-order valence-electron chi connectivity index (χ0n) is 12.6. The van der Waals surface area contributed by atoms with E-state index in [9.17, 15) is 4.79 Å². The average Bonchev–Trinajstić information content (AvgIpc) is 3.20. The first kappa shape index (κ1) is 14.4. The third kappa shape index (κ3) is 3.05. The maximum absolute atomic E-state index is 12.6. The van der Waals surface area contributed by atoms with Crippen molar-refractivity contribution in [1.29, 1.82) is 0 Å². The summed E-state index contributed by atoms with van der Waals surface area (Å²) in [5.74, 6) is 0.778. The van der Waals surface area contributed by atoms with Gasteiger partial charge in [0.25, 0.3) is 0 Å². The van der Waals surface area contributed by atoms with Crippen LogP contribution in [0, 0.1) is 0 Å². The lowest BCUT2D eigenvalue weighted by atomic mass is 10.1. The van der Waals surface area contributed by atoms with Gasteiger partial charge in [-0.25, -0.2) is 9.48 Å². The summed E-state index contributed by atoms with van der Waals surface area (Å²) in [5.41, 5.74) is 0. The lowest BCUT2D eigenvalue weighted by Gasteiger charge is -2.29. The minimum absolute atomic E-state index is 0.0224. The van der Waals surface area contributed by atoms with Crippen LogP contribution >= 0.6 is 0 Å². The number of carbonyl (C=O) groups is 1. The second-order valence-electron chi connectivity index (χ2n) is 5.82. The maximum atomic E-state index is 12.6. The van der Waals surface area contributed by atoms with E-state index in [2.05, 4.69) is 17.3 Å². The van der Waals surface area contributed by atoms with Crippen molar-refractivity contribution in [3.05, 3.63) is 12.3 Å². The number of likely N-dealkylation sites (tertiary alicyclic amines) is 1. The third-order valence-corrected chi connectivity index (χ3v) is 4.34. The molecule has 0 aromatic carbocycles. The fraction of sp³-hybridized carbons (Fsp3) is 0.733. The Morgan fingerprint density at radius 1 is 1.48 bits per heavy atom. The molecule has 2 atom stereocenters. The molecule has 1 aromatic rings. The monoisotopic (exact) mass is 292 g/mol. The second-order valence-corrected chi connectivity index (χ2v) is 5.82. The highest BCUT2D eigenvalue weighted by atomic mass is 16.5. The van der Waals surface area contributed by atoms with Crippen LogP contribution in [-0.2, 0) is 11.3 Å². The van der Waals surface area contributed by atoms with Crippen LogP contribution in [-0.4, -0.2) is 46.0 Å². The van der Waals surface area contributed by atoms with Gasteiger partial charge in [0.2, 0.25) is 0 Å². The molecule has 0 aliphatic carbocycles. The van der Waals surface area contributed by atoms with Gasteiger partial charge in [0.1, 0.15) is 5.82 Å². The smallest absolute Gasteiger partial charge is 0.323 e. The van der Waals surface area contributed by atoms with Crippen molar-refractivity contribution < 1.29 is 9.53 Å². The number of hydrogen-bond acceptors (Lipinski definition) is 3. The number of carbonyl (C=O) groups excluding carboxylic acids is 1. The van der Waals surface area contributed by atoms with E-state index in [-0.39, 0.29) is 18.2 Å². The van der Waals surface area contributed by atoms with Crippen LogP contribution in [0.5, 0.6) is 0 Å². The van der Waals surface area contributed by atoms with Crippen LogP contribution in [0.1, 0.15) is 39.0 Å². The molecule has 0 radical (unpaired) electrons. The van der Waals surface area contributed by atoms with Gasteiger partial charge in [-0.3, -0.25) is 5.32 Å². The van der Waals surface area contributed by atoms with Crippen molar-refractivity contribution in [2.24, 2.45) is 0 Å². The summed E-state index contributed by atoms with van der Waals surface area (Å²) < 4.78 is 7.62. The molecular formula is C15H24N4O2. The Balaban J connectivity index is 1.65. The van der Waals surface area contributed by atoms with Gasteiger partial charge < -0.3 is 9.64 Å². The van der Waals surface area contributed by atoms with E-state index < -0.39 is 0 Å². The standard InChI is InChI=1S/C15H24N4O2/c1-2-9-19-14(7-8-16-19)17-15(20)18-10-3-5-12(18)13-6-4-11-21-13/h7-8,12-13H,2-6,9-11H2,1H3,(H,17,20)/t12-,13-/m1/s1. The summed E-state index contributed by atoms with van der Waals surface area (Å²) in [7, 11) is 0. The summed E-state index contributed by atoms with van der Waals surface area (Å²) in [5, 5.41) is 7.24. The number of ether oxygens (including phenoxy) is 1. The molecular weight excluding hydrogens is 268 g/mol. The number of nitrogens with one attached hydrogen (secondary N) is 1. The second kappa shape index (κ2) is 6.47. The molecule has 0 unspecified atom stereocenters. The lowest BCUT2D eigenvalue weighted by molar-refractivity contribution is 0.0542. The van der Waals surface area contributed by atoms with Crippen LogP contribution in [0.4, 0.5) is 10.6 Å². The Labute approximate surface area is 125 Å². The Morgan fingerprint density at radius 2 is 2.38 bits per heavy atom. The predicted molar refractivity (Wildman–Crippen MR) is 80.2 cm³/mol. The molecule has 0 bridgehead atoms. The quantitative estimate of drug-likeness (QED) is 0.927. The highest BCUT2D eigenvalue weighted by Crippen LogP contribution is 2.28. The molecule has 2 fully saturated rings. The third-order valence-electron chi connectivity index (χ3n) is 4.34. The van der Waals surface area contributed by atoms with Crippen LogP contribution in [0.25, 0.3) is 0 Å². The van der Waals surface area contributed by atoms with Gasteiger partial charge in [-0.15, -0.1) is 0 Å². The fourth-order valence-corrected chi connectivity index (χ4v) is 3.35. The van der Waals surface area contributed by atoms with Gasteiger partial charge in [0.05, 0.1) is 18.3 Å². The van der Waals surface area contributed by atoms with Gasteiger partial charge in [0.15, 0.2) is 0 Å². The summed E-state index contributed by atoms with van der Waals surface area (Å²) in [6, 6.07) is 2.06. The topological polar surface area (TPSA) is 59.4 Å². The molecule has 1 N–H and O–H groups in total. The number of nitrogens with zero attached hydrogens (tertiary/aromatic N) is 3. The molecule has 0 saturated carbocycles. The number of aromatic nitrogens is 2. The minimum Gasteiger partial charge on any atom is -0.376 e. The molecule has 6 nitrogen and oxygen atoms in total. The van der Waals surface area contributed by atoms with Crippen molar-refractivity contribution >= 4 is 11.8 Å². The largest absolute Gasteiger partial charge is 0.376 e. The van der Waals surface area contributed by atoms with E-state index in [0.29, 0.717) is 0 Å². The molecule has 2 aliphatic rings. The number of aryl methyl sites for hydroxylation is 1. The first-order chi connectivity index (χ1) is 10.3. The lowest BCUT2D eigenvalue weighted by Crippen LogP contribution is -2.44. The molecule has 6 heteroatoms. The zero-order valence-corrected chi connectivity index (χ0v) is 12.6. The highest BCUT2D eigenvalue weighted by molar-refractivity contribution is 5.88. The number of amides is 2. The molecule has 2 saturated heterocycles. The Kier molecular flexibility index (Phi) is 4.43. The van der Waals surface area contributed by atoms with Crippen molar-refractivity contribution in [2.75, 3.05) is 18.5 Å². The van der Waals surface area contributed by atoms with Crippen molar-refractivity contribution in [1.82, 2.24) is 14.7 Å². The van der Waals surface area contributed by atoms with E-state index in [0.717, 1.165) is 57.6 Å². The van der Waals surface area contributed by atoms with Crippen LogP contribution < -0.4 is 5.32 Å². The summed E-state index contributed by atoms with van der Waals surface area (Å²) in [6.45, 7) is 4.57. The predicted octanol–water partition coefficient (Wildman–Crippen LogP) is 2.47.